The van der Waals surface area contributed by atoms with Crippen molar-refractivity contribution in [3.63, 3.8) is 0 Å². The maximum absolute atomic E-state index is 12.7. The average molecular weight is 296 g/mol. The first-order valence-corrected chi connectivity index (χ1v) is 5.98. The summed E-state index contributed by atoms with van der Waals surface area (Å²) in [4.78, 5) is 0. The monoisotopic (exact) mass is 295 g/mol. The van der Waals surface area contributed by atoms with E-state index in [1.165, 1.54) is 13.2 Å². The van der Waals surface area contributed by atoms with Crippen molar-refractivity contribution >= 4 is 12.4 Å². The van der Waals surface area contributed by atoms with E-state index in [0.29, 0.717) is 0 Å². The molecule has 1 heterocycles. The van der Waals surface area contributed by atoms with Gasteiger partial charge in [0.2, 0.25) is 0 Å². The van der Waals surface area contributed by atoms with Crippen LogP contribution < -0.4 is 10.1 Å². The number of hydrogen-bond acceptors (Lipinski definition) is 2. The summed E-state index contributed by atoms with van der Waals surface area (Å²) in [5, 5.41) is 3.25. The molecule has 0 saturated carbocycles. The molecule has 0 radical (unpaired) electrons. The van der Waals surface area contributed by atoms with Gasteiger partial charge in [0.05, 0.1) is 12.7 Å². The number of piperidine rings is 1. The Labute approximate surface area is 116 Å². The van der Waals surface area contributed by atoms with Gasteiger partial charge in [0.15, 0.2) is 0 Å². The molecule has 1 N–H and O–H groups in total. The molecule has 0 amide bonds. The number of rotatable bonds is 2. The van der Waals surface area contributed by atoms with Gasteiger partial charge < -0.3 is 10.1 Å². The second-order valence-corrected chi connectivity index (χ2v) is 4.50. The fraction of sp³-hybridized carbons (Fsp3) is 0.538. The van der Waals surface area contributed by atoms with Crippen LogP contribution >= 0.6 is 12.4 Å². The van der Waals surface area contributed by atoms with Crippen LogP contribution in [0.15, 0.2) is 18.2 Å². The molecule has 0 spiro atoms. The van der Waals surface area contributed by atoms with Crippen LogP contribution in [-0.2, 0) is 6.18 Å². The quantitative estimate of drug-likeness (QED) is 0.900. The summed E-state index contributed by atoms with van der Waals surface area (Å²) in [7, 11) is 1.27. The van der Waals surface area contributed by atoms with Crippen LogP contribution in [0.4, 0.5) is 13.2 Å². The van der Waals surface area contributed by atoms with Crippen molar-refractivity contribution in [2.24, 2.45) is 0 Å². The van der Waals surface area contributed by atoms with Crippen LogP contribution in [0.25, 0.3) is 0 Å². The molecule has 2 nitrogen and oxygen atoms in total. The van der Waals surface area contributed by atoms with Crippen molar-refractivity contribution in [3.8, 4) is 5.75 Å². The van der Waals surface area contributed by atoms with E-state index in [0.717, 1.165) is 37.6 Å². The normalized spacial score (nSPS) is 19.7. The lowest BCUT2D eigenvalue weighted by atomic mass is 9.91. The van der Waals surface area contributed by atoms with Gasteiger partial charge in [-0.05, 0) is 43.0 Å². The number of nitrogens with one attached hydrogen (secondary N) is 1. The highest BCUT2D eigenvalue weighted by Crippen LogP contribution is 2.38. The highest BCUT2D eigenvalue weighted by Gasteiger charge is 2.34. The van der Waals surface area contributed by atoms with E-state index in [4.69, 9.17) is 4.74 Å². The van der Waals surface area contributed by atoms with Crippen molar-refractivity contribution in [2.75, 3.05) is 20.2 Å². The van der Waals surface area contributed by atoms with Crippen molar-refractivity contribution in [1.82, 2.24) is 5.32 Å². The molecule has 19 heavy (non-hydrogen) atoms. The van der Waals surface area contributed by atoms with Crippen LogP contribution in [-0.4, -0.2) is 20.2 Å². The first-order valence-electron chi connectivity index (χ1n) is 5.98. The van der Waals surface area contributed by atoms with Gasteiger partial charge in [-0.15, -0.1) is 12.4 Å². The summed E-state index contributed by atoms with van der Waals surface area (Å²) in [6.45, 7) is 1.79. The Morgan fingerprint density at radius 2 is 2.05 bits per heavy atom. The molecule has 0 aromatic heterocycles. The van der Waals surface area contributed by atoms with Crippen molar-refractivity contribution in [2.45, 2.75) is 24.9 Å². The third kappa shape index (κ3) is 3.76. The summed E-state index contributed by atoms with van der Waals surface area (Å²) in [6.07, 6.45) is -2.32. The summed E-state index contributed by atoms with van der Waals surface area (Å²) >= 11 is 0. The van der Waals surface area contributed by atoms with E-state index in [1.54, 1.807) is 6.07 Å². The lowest BCUT2D eigenvalue weighted by Gasteiger charge is -2.24. The van der Waals surface area contributed by atoms with E-state index in [-0.39, 0.29) is 24.1 Å². The second-order valence-electron chi connectivity index (χ2n) is 4.50. The Hall–Kier alpha value is -0.940. The first kappa shape index (κ1) is 16.1. The number of benzene rings is 1. The molecule has 1 atom stereocenters. The topological polar surface area (TPSA) is 21.3 Å². The maximum Gasteiger partial charge on any atom is 0.419 e. The maximum atomic E-state index is 12.7. The Kier molecular flexibility index (Phi) is 5.50. The van der Waals surface area contributed by atoms with Crippen LogP contribution in [0.2, 0.25) is 0 Å². The van der Waals surface area contributed by atoms with Gasteiger partial charge in [-0.3, -0.25) is 0 Å². The van der Waals surface area contributed by atoms with Gasteiger partial charge in [0, 0.05) is 6.54 Å². The van der Waals surface area contributed by atoms with Gasteiger partial charge in [-0.1, -0.05) is 6.07 Å². The molecule has 6 heteroatoms. The molecule has 1 aromatic rings. The Balaban J connectivity index is 0.00000180. The Morgan fingerprint density at radius 1 is 1.32 bits per heavy atom. The number of halogens is 4. The van der Waals surface area contributed by atoms with Gasteiger partial charge in [0.25, 0.3) is 0 Å². The molecule has 1 saturated heterocycles. The molecule has 0 unspecified atom stereocenters. The predicted molar refractivity (Wildman–Crippen MR) is 70.1 cm³/mol. The van der Waals surface area contributed by atoms with Gasteiger partial charge in [-0.25, -0.2) is 0 Å². The molecule has 2 rings (SSSR count). The summed E-state index contributed by atoms with van der Waals surface area (Å²) in [6, 6.07) is 4.19. The van der Waals surface area contributed by atoms with Gasteiger partial charge in [-0.2, -0.15) is 13.2 Å². The van der Waals surface area contributed by atoms with E-state index in [1.807, 2.05) is 0 Å². The first-order chi connectivity index (χ1) is 8.52. The second kappa shape index (κ2) is 6.48. The van der Waals surface area contributed by atoms with Gasteiger partial charge >= 0.3 is 6.18 Å². The number of alkyl halides is 3. The van der Waals surface area contributed by atoms with Crippen LogP contribution in [0.5, 0.6) is 5.75 Å². The van der Waals surface area contributed by atoms with Crippen molar-refractivity contribution < 1.29 is 17.9 Å². The lowest BCUT2D eigenvalue weighted by Crippen LogP contribution is -2.28. The zero-order valence-corrected chi connectivity index (χ0v) is 11.4. The molecule has 0 bridgehead atoms. The highest BCUT2D eigenvalue weighted by atomic mass is 35.5. The lowest BCUT2D eigenvalue weighted by molar-refractivity contribution is -0.138. The van der Waals surface area contributed by atoms with Crippen LogP contribution in [0.1, 0.15) is 29.9 Å². The molecule has 1 aromatic carbocycles. The van der Waals surface area contributed by atoms with Crippen LogP contribution in [0, 0.1) is 0 Å². The number of methoxy groups -OCH3 is 1. The SMILES string of the molecule is COc1cc([C@H]2CCCNC2)ccc1C(F)(F)F.Cl. The minimum absolute atomic E-state index is 0. The van der Waals surface area contributed by atoms with E-state index in [9.17, 15) is 13.2 Å². The predicted octanol–water partition coefficient (Wildman–Crippen LogP) is 3.60. The number of hydrogen-bond donors (Lipinski definition) is 1. The molecule has 0 aliphatic carbocycles. The average Bonchev–Trinajstić information content (AvgIpc) is 2.38. The zero-order valence-electron chi connectivity index (χ0n) is 10.6. The fourth-order valence-corrected chi connectivity index (χ4v) is 2.33. The largest absolute Gasteiger partial charge is 0.496 e. The minimum Gasteiger partial charge on any atom is -0.496 e. The molecule has 1 fully saturated rings. The Bertz CT molecular complexity index is 417. The summed E-state index contributed by atoms with van der Waals surface area (Å²) in [5.74, 6) is 0.181. The van der Waals surface area contributed by atoms with Gasteiger partial charge in [0.1, 0.15) is 5.75 Å². The molecule has 108 valence electrons. The van der Waals surface area contributed by atoms with E-state index >= 15 is 0 Å². The van der Waals surface area contributed by atoms with Crippen LogP contribution in [0.3, 0.4) is 0 Å². The molecular weight excluding hydrogens is 279 g/mol. The minimum atomic E-state index is -4.37. The summed E-state index contributed by atoms with van der Waals surface area (Å²) < 4.78 is 43.0. The zero-order chi connectivity index (χ0) is 13.2. The van der Waals surface area contributed by atoms with Crippen molar-refractivity contribution in [3.05, 3.63) is 29.3 Å². The molecule has 1 aliphatic rings. The third-order valence-corrected chi connectivity index (χ3v) is 3.30. The van der Waals surface area contributed by atoms with E-state index in [2.05, 4.69) is 5.32 Å². The van der Waals surface area contributed by atoms with Crippen molar-refractivity contribution in [1.29, 1.82) is 0 Å². The highest BCUT2D eigenvalue weighted by molar-refractivity contribution is 5.85. The summed E-state index contributed by atoms with van der Waals surface area (Å²) in [5.41, 5.74) is 0.199. The molecular formula is C13H17ClF3NO. The molecule has 1 aliphatic heterocycles. The third-order valence-electron chi connectivity index (χ3n) is 3.30. The smallest absolute Gasteiger partial charge is 0.419 e. The standard InChI is InChI=1S/C13H16F3NO.ClH/c1-18-12-7-9(10-3-2-6-17-8-10)4-5-11(12)13(14,15)16;/h4-5,7,10,17H,2-3,6,8H2,1H3;1H/t10-;/m0./s1. The number of ether oxygens (including phenoxy) is 1. The van der Waals surface area contributed by atoms with E-state index < -0.39 is 11.7 Å². The Morgan fingerprint density at radius 3 is 2.58 bits per heavy atom. The fourth-order valence-electron chi connectivity index (χ4n) is 2.33.